The molecule has 2 heterocycles. The van der Waals surface area contributed by atoms with E-state index < -0.39 is 0 Å². The van der Waals surface area contributed by atoms with Gasteiger partial charge in [-0.15, -0.1) is 24.0 Å². The van der Waals surface area contributed by atoms with Gasteiger partial charge in [0.05, 0.1) is 0 Å². The molecular weight excluding hydrogens is 411 g/mol. The van der Waals surface area contributed by atoms with Crippen molar-refractivity contribution < 1.29 is 0 Å². The van der Waals surface area contributed by atoms with E-state index in [-0.39, 0.29) is 24.0 Å². The van der Waals surface area contributed by atoms with Gasteiger partial charge in [0.15, 0.2) is 5.96 Å². The number of aliphatic imine (C=N–C) groups is 1. The molecule has 1 aromatic rings. The van der Waals surface area contributed by atoms with Crippen LogP contribution in [0.3, 0.4) is 0 Å². The first kappa shape index (κ1) is 19.5. The smallest absolute Gasteiger partial charge is 0.193 e. The van der Waals surface area contributed by atoms with E-state index in [0.29, 0.717) is 6.04 Å². The first-order chi connectivity index (χ1) is 11.3. The summed E-state index contributed by atoms with van der Waals surface area (Å²) in [6, 6.07) is 11.5. The van der Waals surface area contributed by atoms with E-state index in [2.05, 4.69) is 57.5 Å². The lowest BCUT2D eigenvalue weighted by Gasteiger charge is -2.25. The van der Waals surface area contributed by atoms with Gasteiger partial charge < -0.3 is 15.1 Å². The predicted molar refractivity (Wildman–Crippen MR) is 112 cm³/mol. The summed E-state index contributed by atoms with van der Waals surface area (Å²) in [7, 11) is 4.14. The van der Waals surface area contributed by atoms with E-state index in [9.17, 15) is 0 Å². The zero-order chi connectivity index (χ0) is 16.1. The Balaban J connectivity index is 0.00000208. The van der Waals surface area contributed by atoms with Gasteiger partial charge in [-0.1, -0.05) is 30.3 Å². The van der Waals surface area contributed by atoms with Gasteiger partial charge in [0.1, 0.15) is 0 Å². The van der Waals surface area contributed by atoms with E-state index in [1.807, 2.05) is 7.05 Å². The van der Waals surface area contributed by atoms with Gasteiger partial charge in [0, 0.05) is 32.7 Å². The Labute approximate surface area is 163 Å². The van der Waals surface area contributed by atoms with Crippen LogP contribution in [-0.2, 0) is 6.42 Å². The number of likely N-dealkylation sites (N-methyl/N-ethyl adjacent to an activating group) is 1. The maximum atomic E-state index is 4.51. The Kier molecular flexibility index (Phi) is 7.81. The van der Waals surface area contributed by atoms with Crippen molar-refractivity contribution in [3.63, 3.8) is 0 Å². The van der Waals surface area contributed by atoms with Gasteiger partial charge in [-0.2, -0.15) is 0 Å². The zero-order valence-corrected chi connectivity index (χ0v) is 17.3. The average Bonchev–Trinajstić information content (AvgIpc) is 3.19. The first-order valence-electron chi connectivity index (χ1n) is 8.96. The molecule has 0 radical (unpaired) electrons. The van der Waals surface area contributed by atoms with E-state index in [4.69, 9.17) is 0 Å². The Morgan fingerprint density at radius 3 is 2.67 bits per heavy atom. The summed E-state index contributed by atoms with van der Waals surface area (Å²) in [5.41, 5.74) is 1.45. The number of benzene rings is 1. The highest BCUT2D eigenvalue weighted by Gasteiger charge is 2.26. The highest BCUT2D eigenvalue weighted by molar-refractivity contribution is 14.0. The molecule has 2 fully saturated rings. The lowest BCUT2D eigenvalue weighted by molar-refractivity contribution is 0.306. The van der Waals surface area contributed by atoms with Crippen molar-refractivity contribution in [1.29, 1.82) is 0 Å². The summed E-state index contributed by atoms with van der Waals surface area (Å²) in [5.74, 6) is 1.82. The normalized spacial score (nSPS) is 24.9. The molecule has 2 aliphatic rings. The molecule has 5 heteroatoms. The van der Waals surface area contributed by atoms with Crippen molar-refractivity contribution in [2.75, 3.05) is 40.3 Å². The second-order valence-electron chi connectivity index (χ2n) is 7.00. The third-order valence-electron chi connectivity index (χ3n) is 5.33. The Hall–Kier alpha value is -0.820. The van der Waals surface area contributed by atoms with Crippen LogP contribution >= 0.6 is 24.0 Å². The fraction of sp³-hybridized carbons (Fsp3) is 0.632. The van der Waals surface area contributed by atoms with Crippen LogP contribution in [0.4, 0.5) is 0 Å². The minimum atomic E-state index is 0. The van der Waals surface area contributed by atoms with Crippen LogP contribution in [-0.4, -0.2) is 62.1 Å². The molecule has 0 aromatic heterocycles. The number of likely N-dealkylation sites (tertiary alicyclic amines) is 2. The van der Waals surface area contributed by atoms with Crippen molar-refractivity contribution in [2.45, 2.75) is 31.7 Å². The Bertz CT molecular complexity index is 519. The number of halogens is 1. The summed E-state index contributed by atoms with van der Waals surface area (Å²) in [6.07, 6.45) is 5.07. The van der Waals surface area contributed by atoms with Crippen LogP contribution in [0.15, 0.2) is 35.3 Å². The summed E-state index contributed by atoms with van der Waals surface area (Å²) in [6.45, 7) is 4.49. The minimum absolute atomic E-state index is 0. The molecule has 0 saturated carbocycles. The molecule has 134 valence electrons. The zero-order valence-electron chi connectivity index (χ0n) is 14.9. The van der Waals surface area contributed by atoms with Gasteiger partial charge >= 0.3 is 0 Å². The third kappa shape index (κ3) is 5.09. The molecule has 2 atom stereocenters. The van der Waals surface area contributed by atoms with Crippen LogP contribution in [0.25, 0.3) is 0 Å². The van der Waals surface area contributed by atoms with Gasteiger partial charge in [-0.05, 0) is 50.8 Å². The van der Waals surface area contributed by atoms with Crippen molar-refractivity contribution in [1.82, 2.24) is 15.1 Å². The summed E-state index contributed by atoms with van der Waals surface area (Å²) < 4.78 is 0. The highest BCUT2D eigenvalue weighted by Crippen LogP contribution is 2.21. The lowest BCUT2D eigenvalue weighted by atomic mass is 9.99. The number of rotatable bonds is 4. The second kappa shape index (κ2) is 9.61. The number of guanidine groups is 1. The molecule has 2 aliphatic heterocycles. The fourth-order valence-electron chi connectivity index (χ4n) is 3.92. The molecule has 0 spiro atoms. The van der Waals surface area contributed by atoms with E-state index in [0.717, 1.165) is 31.5 Å². The number of hydrogen-bond donors (Lipinski definition) is 1. The molecular formula is C19H31IN4. The van der Waals surface area contributed by atoms with Crippen molar-refractivity contribution in [3.8, 4) is 0 Å². The minimum Gasteiger partial charge on any atom is -0.355 e. The molecule has 1 N–H and O–H groups in total. The van der Waals surface area contributed by atoms with Crippen LogP contribution in [0, 0.1) is 5.92 Å². The maximum Gasteiger partial charge on any atom is 0.193 e. The molecule has 0 aliphatic carbocycles. The topological polar surface area (TPSA) is 30.9 Å². The third-order valence-corrected chi connectivity index (χ3v) is 5.33. The highest BCUT2D eigenvalue weighted by atomic mass is 127. The molecule has 2 saturated heterocycles. The van der Waals surface area contributed by atoms with Crippen molar-refractivity contribution >= 4 is 29.9 Å². The van der Waals surface area contributed by atoms with Crippen LogP contribution in [0.1, 0.15) is 24.8 Å². The number of hydrogen-bond acceptors (Lipinski definition) is 2. The van der Waals surface area contributed by atoms with E-state index >= 15 is 0 Å². The second-order valence-corrected chi connectivity index (χ2v) is 7.00. The summed E-state index contributed by atoms with van der Waals surface area (Å²) >= 11 is 0. The SMILES string of the molecule is CN=C(NCC1CCCN1C)N1CCC(Cc2ccccc2)C1.I. The number of nitrogens with one attached hydrogen (secondary N) is 1. The fourth-order valence-corrected chi connectivity index (χ4v) is 3.92. The summed E-state index contributed by atoms with van der Waals surface area (Å²) in [5, 5.41) is 3.60. The van der Waals surface area contributed by atoms with Gasteiger partial charge in [-0.25, -0.2) is 0 Å². The molecule has 1 aromatic carbocycles. The summed E-state index contributed by atoms with van der Waals surface area (Å²) in [4.78, 5) is 9.40. The molecule has 3 rings (SSSR count). The molecule has 2 unspecified atom stereocenters. The Morgan fingerprint density at radius 2 is 2.00 bits per heavy atom. The van der Waals surface area contributed by atoms with E-state index in [1.54, 1.807) is 0 Å². The Morgan fingerprint density at radius 1 is 1.21 bits per heavy atom. The number of nitrogens with zero attached hydrogens (tertiary/aromatic N) is 3. The standard InChI is InChI=1S/C19H30N4.HI/c1-20-19(21-14-18-9-6-11-22(18)2)23-12-10-17(15-23)13-16-7-4-3-5-8-16;/h3-5,7-8,17-18H,6,9-15H2,1-2H3,(H,20,21);1H. The van der Waals surface area contributed by atoms with Crippen molar-refractivity contribution in [3.05, 3.63) is 35.9 Å². The molecule has 0 bridgehead atoms. The quantitative estimate of drug-likeness (QED) is 0.442. The van der Waals surface area contributed by atoms with E-state index in [1.165, 1.54) is 37.8 Å². The van der Waals surface area contributed by atoms with Gasteiger partial charge in [0.25, 0.3) is 0 Å². The monoisotopic (exact) mass is 442 g/mol. The van der Waals surface area contributed by atoms with Crippen LogP contribution in [0.2, 0.25) is 0 Å². The average molecular weight is 442 g/mol. The molecule has 4 nitrogen and oxygen atoms in total. The largest absolute Gasteiger partial charge is 0.355 e. The van der Waals surface area contributed by atoms with Crippen molar-refractivity contribution in [2.24, 2.45) is 10.9 Å². The molecule has 0 amide bonds. The lowest BCUT2D eigenvalue weighted by Crippen LogP contribution is -2.45. The first-order valence-corrected chi connectivity index (χ1v) is 8.96. The van der Waals surface area contributed by atoms with Crippen LogP contribution in [0.5, 0.6) is 0 Å². The maximum absolute atomic E-state index is 4.51. The van der Waals surface area contributed by atoms with Crippen LogP contribution < -0.4 is 5.32 Å². The van der Waals surface area contributed by atoms with Gasteiger partial charge in [-0.3, -0.25) is 4.99 Å². The molecule has 24 heavy (non-hydrogen) atoms. The predicted octanol–water partition coefficient (Wildman–Crippen LogP) is 2.84. The van der Waals surface area contributed by atoms with Gasteiger partial charge in [0.2, 0.25) is 0 Å².